The van der Waals surface area contributed by atoms with Crippen LogP contribution in [-0.2, 0) is 4.74 Å². The van der Waals surface area contributed by atoms with Crippen molar-refractivity contribution in [1.29, 1.82) is 0 Å². The topological polar surface area (TPSA) is 21.3 Å². The number of hydrogen-bond donors (Lipinski definition) is 1. The highest BCUT2D eigenvalue weighted by molar-refractivity contribution is 4.87. The summed E-state index contributed by atoms with van der Waals surface area (Å²) in [5.41, 5.74) is 0.502. The van der Waals surface area contributed by atoms with Gasteiger partial charge in [-0.05, 0) is 50.5 Å². The van der Waals surface area contributed by atoms with Gasteiger partial charge in [0.15, 0.2) is 0 Å². The van der Waals surface area contributed by atoms with Gasteiger partial charge in [-0.15, -0.1) is 0 Å². The highest BCUT2D eigenvalue weighted by Gasteiger charge is 2.31. The van der Waals surface area contributed by atoms with Gasteiger partial charge in [-0.25, -0.2) is 0 Å². The summed E-state index contributed by atoms with van der Waals surface area (Å²) in [7, 11) is 0. The Hall–Kier alpha value is -0.0800. The van der Waals surface area contributed by atoms with Gasteiger partial charge in [0.2, 0.25) is 0 Å². The summed E-state index contributed by atoms with van der Waals surface area (Å²) in [6.45, 7) is 7.01. The maximum absolute atomic E-state index is 5.66. The summed E-state index contributed by atoms with van der Waals surface area (Å²) in [5.74, 6) is 0. The first kappa shape index (κ1) is 13.4. The van der Waals surface area contributed by atoms with E-state index in [1.54, 1.807) is 0 Å². The molecule has 1 aliphatic carbocycles. The lowest BCUT2D eigenvalue weighted by molar-refractivity contribution is 0.101. The number of ether oxygens (including phenoxy) is 1. The van der Waals surface area contributed by atoms with Crippen molar-refractivity contribution in [2.24, 2.45) is 5.41 Å². The van der Waals surface area contributed by atoms with Crippen molar-refractivity contribution in [3.8, 4) is 0 Å². The van der Waals surface area contributed by atoms with Crippen molar-refractivity contribution in [3.05, 3.63) is 0 Å². The Balaban J connectivity index is 1.60. The van der Waals surface area contributed by atoms with Crippen LogP contribution < -0.4 is 5.32 Å². The van der Waals surface area contributed by atoms with Crippen molar-refractivity contribution >= 4 is 0 Å². The normalized spacial score (nSPS) is 32.8. The zero-order valence-electron chi connectivity index (χ0n) is 11.6. The fourth-order valence-corrected chi connectivity index (χ4v) is 3.35. The van der Waals surface area contributed by atoms with Crippen molar-refractivity contribution < 1.29 is 4.74 Å². The maximum atomic E-state index is 5.66. The second kappa shape index (κ2) is 6.19. The predicted molar refractivity (Wildman–Crippen MR) is 72.2 cm³/mol. The summed E-state index contributed by atoms with van der Waals surface area (Å²) in [6, 6.07) is 0.737. The molecule has 100 valence electrons. The largest absolute Gasteiger partial charge is 0.378 e. The van der Waals surface area contributed by atoms with Crippen LogP contribution in [0.15, 0.2) is 0 Å². The lowest BCUT2D eigenvalue weighted by atomic mass is 9.73. The Labute approximate surface area is 107 Å². The first-order chi connectivity index (χ1) is 8.18. The second-order valence-corrected chi connectivity index (χ2v) is 6.52. The standard InChI is InChI=1S/C15H29NO/c1-15(2)10-4-3-9-14(15)16-11-5-7-13-8-6-12-17-13/h13-14,16H,3-12H2,1-2H3. The third kappa shape index (κ3) is 3.96. The Morgan fingerprint density at radius 1 is 1.18 bits per heavy atom. The molecule has 2 aliphatic rings. The minimum absolute atomic E-state index is 0.502. The molecular weight excluding hydrogens is 210 g/mol. The average molecular weight is 239 g/mol. The minimum Gasteiger partial charge on any atom is -0.378 e. The van der Waals surface area contributed by atoms with Crippen molar-refractivity contribution in [2.75, 3.05) is 13.2 Å². The summed E-state index contributed by atoms with van der Waals surface area (Å²) >= 11 is 0. The van der Waals surface area contributed by atoms with Crippen LogP contribution >= 0.6 is 0 Å². The molecule has 2 atom stereocenters. The second-order valence-electron chi connectivity index (χ2n) is 6.52. The third-order valence-electron chi connectivity index (χ3n) is 4.62. The van der Waals surface area contributed by atoms with Gasteiger partial charge in [0.1, 0.15) is 0 Å². The maximum Gasteiger partial charge on any atom is 0.0576 e. The number of rotatable bonds is 5. The van der Waals surface area contributed by atoms with Gasteiger partial charge < -0.3 is 10.1 Å². The monoisotopic (exact) mass is 239 g/mol. The van der Waals surface area contributed by atoms with E-state index in [0.717, 1.165) is 12.6 Å². The van der Waals surface area contributed by atoms with E-state index in [2.05, 4.69) is 19.2 Å². The molecule has 1 saturated heterocycles. The predicted octanol–water partition coefficient (Wildman–Crippen LogP) is 3.50. The first-order valence-corrected chi connectivity index (χ1v) is 7.53. The summed E-state index contributed by atoms with van der Waals surface area (Å²) in [4.78, 5) is 0. The van der Waals surface area contributed by atoms with Crippen molar-refractivity contribution in [1.82, 2.24) is 5.32 Å². The van der Waals surface area contributed by atoms with E-state index in [0.29, 0.717) is 11.5 Å². The van der Waals surface area contributed by atoms with Gasteiger partial charge in [0, 0.05) is 12.6 Å². The van der Waals surface area contributed by atoms with Crippen LogP contribution in [0.5, 0.6) is 0 Å². The molecule has 0 bridgehead atoms. The van der Waals surface area contributed by atoms with E-state index in [9.17, 15) is 0 Å². The quantitative estimate of drug-likeness (QED) is 0.741. The highest BCUT2D eigenvalue weighted by atomic mass is 16.5. The number of hydrogen-bond acceptors (Lipinski definition) is 2. The van der Waals surface area contributed by atoms with Gasteiger partial charge in [-0.3, -0.25) is 0 Å². The Morgan fingerprint density at radius 2 is 2.06 bits per heavy atom. The van der Waals surface area contributed by atoms with Gasteiger partial charge in [0.25, 0.3) is 0 Å². The van der Waals surface area contributed by atoms with E-state index >= 15 is 0 Å². The molecule has 1 N–H and O–H groups in total. The summed E-state index contributed by atoms with van der Waals surface area (Å²) < 4.78 is 5.66. The minimum atomic E-state index is 0.502. The molecule has 2 fully saturated rings. The van der Waals surface area contributed by atoms with Gasteiger partial charge in [0.05, 0.1) is 6.10 Å². The Kier molecular flexibility index (Phi) is 4.87. The van der Waals surface area contributed by atoms with E-state index < -0.39 is 0 Å². The van der Waals surface area contributed by atoms with Crippen LogP contribution in [0.25, 0.3) is 0 Å². The Morgan fingerprint density at radius 3 is 2.76 bits per heavy atom. The lowest BCUT2D eigenvalue weighted by Gasteiger charge is -2.39. The highest BCUT2D eigenvalue weighted by Crippen LogP contribution is 2.35. The average Bonchev–Trinajstić information content (AvgIpc) is 2.79. The molecule has 1 aliphatic heterocycles. The van der Waals surface area contributed by atoms with E-state index in [4.69, 9.17) is 4.74 Å². The molecular formula is C15H29NO. The smallest absolute Gasteiger partial charge is 0.0576 e. The van der Waals surface area contributed by atoms with Crippen molar-refractivity contribution in [3.63, 3.8) is 0 Å². The van der Waals surface area contributed by atoms with Crippen LogP contribution in [0.1, 0.15) is 65.2 Å². The Bertz CT molecular complexity index is 221. The molecule has 2 heteroatoms. The van der Waals surface area contributed by atoms with Crippen molar-refractivity contribution in [2.45, 2.75) is 77.4 Å². The zero-order valence-corrected chi connectivity index (χ0v) is 11.6. The molecule has 0 spiro atoms. The van der Waals surface area contributed by atoms with E-state index in [-0.39, 0.29) is 0 Å². The zero-order chi connectivity index (χ0) is 12.1. The fourth-order valence-electron chi connectivity index (χ4n) is 3.35. The molecule has 1 heterocycles. The molecule has 1 saturated carbocycles. The third-order valence-corrected chi connectivity index (χ3v) is 4.62. The van der Waals surface area contributed by atoms with Crippen LogP contribution in [0.4, 0.5) is 0 Å². The summed E-state index contributed by atoms with van der Waals surface area (Å²) in [5, 5.41) is 3.78. The molecule has 0 amide bonds. The van der Waals surface area contributed by atoms with Crippen LogP contribution in [0.2, 0.25) is 0 Å². The molecule has 2 rings (SSSR count). The molecule has 0 aromatic carbocycles. The molecule has 2 unspecified atom stereocenters. The van der Waals surface area contributed by atoms with E-state index in [1.807, 2.05) is 0 Å². The lowest BCUT2D eigenvalue weighted by Crippen LogP contribution is -2.44. The SMILES string of the molecule is CC1(C)CCCCC1NCCCC1CCCO1. The van der Waals surface area contributed by atoms with Gasteiger partial charge in [-0.2, -0.15) is 0 Å². The van der Waals surface area contributed by atoms with E-state index in [1.165, 1.54) is 57.9 Å². The molecule has 0 aromatic rings. The first-order valence-electron chi connectivity index (χ1n) is 7.53. The molecule has 17 heavy (non-hydrogen) atoms. The molecule has 0 aromatic heterocycles. The number of nitrogens with one attached hydrogen (secondary N) is 1. The van der Waals surface area contributed by atoms with Crippen LogP contribution in [0.3, 0.4) is 0 Å². The molecule has 2 nitrogen and oxygen atoms in total. The van der Waals surface area contributed by atoms with Gasteiger partial charge >= 0.3 is 0 Å². The van der Waals surface area contributed by atoms with Crippen LogP contribution in [-0.4, -0.2) is 25.3 Å². The fraction of sp³-hybridized carbons (Fsp3) is 1.00. The van der Waals surface area contributed by atoms with Gasteiger partial charge in [-0.1, -0.05) is 26.7 Å². The summed E-state index contributed by atoms with van der Waals surface area (Å²) in [6.07, 6.45) is 11.2. The molecule has 0 radical (unpaired) electrons. The van der Waals surface area contributed by atoms with Crippen LogP contribution in [0, 0.1) is 5.41 Å².